The van der Waals surface area contributed by atoms with E-state index in [1.165, 1.54) is 24.3 Å². The molecule has 0 spiro atoms. The number of anilines is 1. The number of aromatic carboxylic acids is 1. The van der Waals surface area contributed by atoms with Gasteiger partial charge in [0.2, 0.25) is 0 Å². The summed E-state index contributed by atoms with van der Waals surface area (Å²) in [5.74, 6) is -1.74. The van der Waals surface area contributed by atoms with E-state index >= 15 is 0 Å². The number of aryl methyl sites for hydroxylation is 1. The van der Waals surface area contributed by atoms with Gasteiger partial charge >= 0.3 is 5.97 Å². The monoisotopic (exact) mass is 306 g/mol. The van der Waals surface area contributed by atoms with E-state index in [0.29, 0.717) is 5.69 Å². The number of rotatable bonds is 3. The van der Waals surface area contributed by atoms with E-state index < -0.39 is 17.4 Å². The maximum absolute atomic E-state index is 12.0. The Kier molecular flexibility index (Phi) is 4.09. The minimum Gasteiger partial charge on any atom is -0.478 e. The highest BCUT2D eigenvalue weighted by atomic mass is 35.5. The number of hydrogen-bond donors (Lipinski definition) is 3. The van der Waals surface area contributed by atoms with E-state index in [4.69, 9.17) is 16.7 Å². The molecule has 1 aromatic heterocycles. The number of carbonyl (C=O) groups excluding carboxylic acids is 1. The number of amides is 1. The zero-order valence-corrected chi connectivity index (χ0v) is 11.7. The first-order chi connectivity index (χ1) is 9.88. The predicted molar refractivity (Wildman–Crippen MR) is 78.2 cm³/mol. The zero-order chi connectivity index (χ0) is 15.6. The smallest absolute Gasteiger partial charge is 0.335 e. The lowest BCUT2D eigenvalue weighted by molar-refractivity contribution is 0.0696. The molecular weight excluding hydrogens is 296 g/mol. The first-order valence-corrected chi connectivity index (χ1v) is 6.30. The van der Waals surface area contributed by atoms with Crippen molar-refractivity contribution in [3.63, 3.8) is 0 Å². The first kappa shape index (κ1) is 14.8. The third kappa shape index (κ3) is 3.29. The molecule has 0 fully saturated rings. The lowest BCUT2D eigenvalue weighted by atomic mass is 10.2. The summed E-state index contributed by atoms with van der Waals surface area (Å²) in [6, 6.07) is 6.91. The second-order valence-electron chi connectivity index (χ2n) is 4.34. The molecule has 0 saturated carbocycles. The number of halogens is 1. The van der Waals surface area contributed by atoms with Gasteiger partial charge in [0.25, 0.3) is 11.5 Å². The minimum atomic E-state index is -1.12. The Balaban J connectivity index is 2.27. The number of pyridine rings is 1. The molecule has 1 heterocycles. The summed E-state index contributed by atoms with van der Waals surface area (Å²) in [5.41, 5.74) is 0.308. The Labute approximate surface area is 124 Å². The third-order valence-corrected chi connectivity index (χ3v) is 3.08. The van der Waals surface area contributed by atoms with Gasteiger partial charge in [-0.1, -0.05) is 11.6 Å². The third-order valence-electron chi connectivity index (χ3n) is 2.76. The number of carboxylic acid groups (broad SMARTS) is 1. The molecule has 0 atom stereocenters. The van der Waals surface area contributed by atoms with Crippen molar-refractivity contribution in [2.45, 2.75) is 6.92 Å². The van der Waals surface area contributed by atoms with E-state index in [9.17, 15) is 14.4 Å². The molecule has 1 aromatic carbocycles. The summed E-state index contributed by atoms with van der Waals surface area (Å²) in [6.07, 6.45) is 0. The van der Waals surface area contributed by atoms with Gasteiger partial charge in [-0.15, -0.1) is 0 Å². The lowest BCUT2D eigenvalue weighted by Gasteiger charge is -2.07. The topological polar surface area (TPSA) is 99.3 Å². The van der Waals surface area contributed by atoms with Gasteiger partial charge in [-0.3, -0.25) is 9.59 Å². The number of nitrogens with one attached hydrogen (secondary N) is 2. The predicted octanol–water partition coefficient (Wildman–Crippen LogP) is 2.29. The number of carbonyl (C=O) groups is 2. The van der Waals surface area contributed by atoms with Crippen molar-refractivity contribution in [1.29, 1.82) is 0 Å². The maximum Gasteiger partial charge on any atom is 0.335 e. The van der Waals surface area contributed by atoms with Crippen molar-refractivity contribution in [3.05, 3.63) is 62.5 Å². The van der Waals surface area contributed by atoms with Crippen LogP contribution in [0.2, 0.25) is 5.02 Å². The Morgan fingerprint density at radius 2 is 1.95 bits per heavy atom. The number of H-pyrrole nitrogens is 1. The fourth-order valence-electron chi connectivity index (χ4n) is 1.69. The number of carboxylic acids is 1. The average Bonchev–Trinajstić information content (AvgIpc) is 2.40. The Morgan fingerprint density at radius 3 is 2.52 bits per heavy atom. The van der Waals surface area contributed by atoms with Crippen LogP contribution in [-0.2, 0) is 0 Å². The molecule has 2 rings (SSSR count). The molecule has 0 saturated heterocycles. The van der Waals surface area contributed by atoms with Crippen LogP contribution in [0, 0.1) is 6.92 Å². The van der Waals surface area contributed by atoms with Crippen LogP contribution >= 0.6 is 11.6 Å². The molecule has 7 heteroatoms. The molecule has 0 bridgehead atoms. The number of aromatic amines is 1. The highest BCUT2D eigenvalue weighted by Crippen LogP contribution is 2.23. The van der Waals surface area contributed by atoms with Crippen molar-refractivity contribution in [2.24, 2.45) is 0 Å². The van der Waals surface area contributed by atoms with Crippen molar-refractivity contribution in [3.8, 4) is 0 Å². The lowest BCUT2D eigenvalue weighted by Crippen LogP contribution is -2.23. The van der Waals surface area contributed by atoms with Crippen LogP contribution in [0.25, 0.3) is 0 Å². The first-order valence-electron chi connectivity index (χ1n) is 5.92. The van der Waals surface area contributed by atoms with E-state index in [0.717, 1.165) is 0 Å². The van der Waals surface area contributed by atoms with Gasteiger partial charge in [0.15, 0.2) is 0 Å². The van der Waals surface area contributed by atoms with E-state index in [1.54, 1.807) is 13.0 Å². The summed E-state index contributed by atoms with van der Waals surface area (Å²) in [6.45, 7) is 1.70. The fourth-order valence-corrected chi connectivity index (χ4v) is 1.92. The summed E-state index contributed by atoms with van der Waals surface area (Å²) in [4.78, 5) is 37.0. The van der Waals surface area contributed by atoms with Crippen molar-refractivity contribution >= 4 is 29.2 Å². The fraction of sp³-hybridized carbons (Fsp3) is 0.0714. The summed E-state index contributed by atoms with van der Waals surface area (Å²) < 4.78 is 0. The van der Waals surface area contributed by atoms with Crippen LogP contribution in [-0.4, -0.2) is 22.0 Å². The molecule has 0 aliphatic carbocycles. The Morgan fingerprint density at radius 1 is 1.24 bits per heavy atom. The summed E-state index contributed by atoms with van der Waals surface area (Å²) in [5, 5.41) is 11.4. The number of hydrogen-bond acceptors (Lipinski definition) is 3. The molecule has 108 valence electrons. The van der Waals surface area contributed by atoms with Gasteiger partial charge in [-0.25, -0.2) is 4.79 Å². The van der Waals surface area contributed by atoms with Crippen LogP contribution in [0.15, 0.2) is 35.1 Å². The summed E-state index contributed by atoms with van der Waals surface area (Å²) in [7, 11) is 0. The van der Waals surface area contributed by atoms with Crippen LogP contribution in [0.4, 0.5) is 5.69 Å². The van der Waals surface area contributed by atoms with Gasteiger partial charge in [0.1, 0.15) is 5.56 Å². The second-order valence-corrected chi connectivity index (χ2v) is 4.75. The average molecular weight is 307 g/mol. The second kappa shape index (κ2) is 5.80. The quantitative estimate of drug-likeness (QED) is 0.810. The molecule has 3 N–H and O–H groups in total. The van der Waals surface area contributed by atoms with E-state index in [2.05, 4.69) is 10.3 Å². The van der Waals surface area contributed by atoms with Crippen LogP contribution in [0.5, 0.6) is 0 Å². The van der Waals surface area contributed by atoms with Gasteiger partial charge in [0, 0.05) is 5.69 Å². The van der Waals surface area contributed by atoms with Gasteiger partial charge < -0.3 is 15.4 Å². The number of benzene rings is 1. The summed E-state index contributed by atoms with van der Waals surface area (Å²) >= 11 is 5.91. The van der Waals surface area contributed by atoms with E-state index in [-0.39, 0.29) is 21.8 Å². The SMILES string of the molecule is Cc1ccc(C(=O)Nc2ccc(C(=O)O)cc2Cl)c(=O)[nH]1. The van der Waals surface area contributed by atoms with Gasteiger partial charge in [-0.05, 0) is 37.3 Å². The Hall–Kier alpha value is -2.60. The molecule has 2 aromatic rings. The van der Waals surface area contributed by atoms with Crippen LogP contribution in [0.1, 0.15) is 26.4 Å². The van der Waals surface area contributed by atoms with Gasteiger partial charge in [-0.2, -0.15) is 0 Å². The van der Waals surface area contributed by atoms with Gasteiger partial charge in [0.05, 0.1) is 16.3 Å². The largest absolute Gasteiger partial charge is 0.478 e. The Bertz CT molecular complexity index is 783. The van der Waals surface area contributed by atoms with Crippen molar-refractivity contribution in [1.82, 2.24) is 4.98 Å². The normalized spacial score (nSPS) is 10.2. The number of aromatic nitrogens is 1. The molecule has 0 aliphatic rings. The van der Waals surface area contributed by atoms with E-state index in [1.807, 2.05) is 0 Å². The molecule has 0 unspecified atom stereocenters. The van der Waals surface area contributed by atoms with Crippen molar-refractivity contribution < 1.29 is 14.7 Å². The molecule has 0 aliphatic heterocycles. The maximum atomic E-state index is 12.0. The van der Waals surface area contributed by atoms with Crippen molar-refractivity contribution in [2.75, 3.05) is 5.32 Å². The standard InChI is InChI=1S/C14H11ClN2O4/c1-7-2-4-9(12(18)16-7)13(19)17-11-5-3-8(14(20)21)6-10(11)15/h2-6H,1H3,(H,16,18)(H,17,19)(H,20,21). The molecular formula is C14H11ClN2O4. The highest BCUT2D eigenvalue weighted by Gasteiger charge is 2.13. The molecule has 21 heavy (non-hydrogen) atoms. The highest BCUT2D eigenvalue weighted by molar-refractivity contribution is 6.34. The van der Waals surface area contributed by atoms with Crippen LogP contribution < -0.4 is 10.9 Å². The minimum absolute atomic E-state index is 0.00572. The zero-order valence-electron chi connectivity index (χ0n) is 10.9. The van der Waals surface area contributed by atoms with Crippen LogP contribution in [0.3, 0.4) is 0 Å². The molecule has 0 radical (unpaired) electrons. The molecule has 1 amide bonds. The molecule has 6 nitrogen and oxygen atoms in total.